The summed E-state index contributed by atoms with van der Waals surface area (Å²) in [6.45, 7) is 0.448. The summed E-state index contributed by atoms with van der Waals surface area (Å²) in [4.78, 5) is 69.0. The molecule has 16 heteroatoms. The zero-order valence-corrected chi connectivity index (χ0v) is 27.6. The number of fused-ring (bicyclic) bond motifs is 1. The maximum Gasteiger partial charge on any atom is 1.00 e. The third kappa shape index (κ3) is 6.29. The Morgan fingerprint density at radius 3 is 2.66 bits per heavy atom. The predicted octanol–water partition coefficient (Wildman–Crippen LogP) is -0.804. The van der Waals surface area contributed by atoms with Gasteiger partial charge in [-0.25, -0.2) is 9.78 Å². The first-order valence-electron chi connectivity index (χ1n) is 13.9. The van der Waals surface area contributed by atoms with Gasteiger partial charge in [-0.05, 0) is 67.4 Å². The molecule has 3 aliphatic heterocycles. The molecule has 13 nitrogen and oxygen atoms in total. The smallest absolute Gasteiger partial charge is 1.00 e. The van der Waals surface area contributed by atoms with Crippen LogP contribution in [0, 0.1) is 0 Å². The number of allylic oxidation sites excluding steroid dienone is 1. The Balaban J connectivity index is 0.00000230. The molecule has 1 saturated carbocycles. The summed E-state index contributed by atoms with van der Waals surface area (Å²) in [5, 5.41) is 18.2. The van der Waals surface area contributed by atoms with Crippen LogP contribution in [0.4, 0.5) is 10.9 Å². The molecule has 0 radical (unpaired) electrons. The van der Waals surface area contributed by atoms with Crippen molar-refractivity contribution in [3.05, 3.63) is 57.9 Å². The molecular weight excluding hydrogens is 617 g/mol. The van der Waals surface area contributed by atoms with Crippen LogP contribution in [0.5, 0.6) is 0 Å². The van der Waals surface area contributed by atoms with Gasteiger partial charge in [-0.2, -0.15) is 0 Å². The summed E-state index contributed by atoms with van der Waals surface area (Å²) >= 11 is 2.44. The van der Waals surface area contributed by atoms with Crippen molar-refractivity contribution in [1.29, 1.82) is 0 Å². The first-order valence-corrected chi connectivity index (χ1v) is 15.8. The average molecular weight is 648 g/mol. The topological polar surface area (TPSA) is 180 Å². The van der Waals surface area contributed by atoms with Crippen molar-refractivity contribution in [1.82, 2.24) is 20.2 Å². The van der Waals surface area contributed by atoms with Crippen molar-refractivity contribution in [2.75, 3.05) is 22.9 Å². The number of nitrogens with two attached hydrogens (primary N) is 1. The molecule has 0 unspecified atom stereocenters. The van der Waals surface area contributed by atoms with Crippen LogP contribution in [0.3, 0.4) is 0 Å². The minimum Gasteiger partial charge on any atom is -1.00 e. The molecule has 3 amide bonds. The van der Waals surface area contributed by atoms with E-state index in [-0.39, 0.29) is 65.4 Å². The zero-order valence-electron chi connectivity index (χ0n) is 25.0. The van der Waals surface area contributed by atoms with Gasteiger partial charge in [0.25, 0.3) is 11.8 Å². The number of carbonyl (C=O) groups is 4. The molecule has 0 bridgehead atoms. The van der Waals surface area contributed by atoms with Crippen LogP contribution in [-0.2, 0) is 30.4 Å². The number of aromatic nitrogens is 2. The molecule has 6 rings (SSSR count). The Hall–Kier alpha value is -3.24. The van der Waals surface area contributed by atoms with Crippen molar-refractivity contribution in [2.45, 2.75) is 56.0 Å². The van der Waals surface area contributed by atoms with Crippen molar-refractivity contribution in [2.24, 2.45) is 5.16 Å². The van der Waals surface area contributed by atoms with Gasteiger partial charge in [0.15, 0.2) is 5.13 Å². The van der Waals surface area contributed by atoms with E-state index in [2.05, 4.69) is 20.4 Å². The molecule has 2 atom stereocenters. The maximum atomic E-state index is 13.8. The number of carboxylic acid groups (broad SMARTS) is 1. The normalized spacial score (nSPS) is 22.8. The van der Waals surface area contributed by atoms with Gasteiger partial charge in [-0.15, -0.1) is 23.1 Å². The Bertz CT molecular complexity index is 1560. The van der Waals surface area contributed by atoms with E-state index in [1.165, 1.54) is 21.6 Å². The van der Waals surface area contributed by atoms with Gasteiger partial charge in [0, 0.05) is 35.6 Å². The summed E-state index contributed by atoms with van der Waals surface area (Å²) in [6.07, 6.45) is 8.77. The van der Waals surface area contributed by atoms with E-state index in [1.807, 2.05) is 0 Å². The number of hydrogen-bond donors (Lipinski definition) is 3. The number of oxime groups is 1. The molecule has 2 aromatic heterocycles. The Labute approximate surface area is 284 Å². The number of thiazole rings is 1. The standard InChI is InChI=1S/C28H29N7O6S2.Na.H/c29-28-33-20(14-43-28)34(21(36)12-32-41-16-3-1-2-4-16)23-25(38)35-22(27(39)40)19(13-42-26(23)35)18(17-7-10-31-24(17)37)11-15-5-8-30-9-6-15;;/h5-6,8-9,12,14,16,23,26H,1-4,7,10-11,13H2,(H2,29,33)(H,31,37)(H,39,40);;/q;+1;-1/t23-,26-;;/m1../s1. The summed E-state index contributed by atoms with van der Waals surface area (Å²) in [5.41, 5.74) is 8.01. The Kier molecular flexibility index (Phi) is 10.1. The number of anilines is 2. The molecule has 4 N–H and O–H groups in total. The molecule has 2 aromatic rings. The summed E-state index contributed by atoms with van der Waals surface area (Å²) in [7, 11) is 0. The number of hydrogen-bond acceptors (Lipinski definition) is 11. The van der Waals surface area contributed by atoms with Crippen LogP contribution in [0.25, 0.3) is 0 Å². The Morgan fingerprint density at radius 2 is 2.02 bits per heavy atom. The number of aliphatic carboxylic acids is 1. The molecule has 226 valence electrons. The second-order valence-electron chi connectivity index (χ2n) is 10.5. The van der Waals surface area contributed by atoms with E-state index in [4.69, 9.17) is 10.6 Å². The van der Waals surface area contributed by atoms with Crippen LogP contribution in [0.1, 0.15) is 39.1 Å². The molecule has 4 aliphatic rings. The molecule has 0 spiro atoms. The largest absolute Gasteiger partial charge is 1.00 e. The third-order valence-electron chi connectivity index (χ3n) is 7.88. The average Bonchev–Trinajstić information content (AvgIpc) is 3.77. The van der Waals surface area contributed by atoms with E-state index in [0.717, 1.165) is 48.8 Å². The summed E-state index contributed by atoms with van der Waals surface area (Å²) in [6, 6.07) is 2.57. The number of nitrogens with zero attached hydrogens (tertiary/aromatic N) is 5. The quantitative estimate of drug-likeness (QED) is 0.103. The second kappa shape index (κ2) is 13.8. The zero-order chi connectivity index (χ0) is 30.1. The van der Waals surface area contributed by atoms with Gasteiger partial charge in [-0.1, -0.05) is 5.16 Å². The fraction of sp³-hybridized carbons (Fsp3) is 0.393. The number of carboxylic acids is 1. The molecular formula is C28H30N7NaO6S2. The van der Waals surface area contributed by atoms with Crippen molar-refractivity contribution in [3.63, 3.8) is 0 Å². The van der Waals surface area contributed by atoms with Crippen molar-refractivity contribution >= 4 is 64.0 Å². The number of thioether (sulfide) groups is 1. The molecule has 0 aromatic carbocycles. The van der Waals surface area contributed by atoms with E-state index in [0.29, 0.717) is 36.1 Å². The number of carbonyl (C=O) groups excluding carboxylic acids is 3. The number of rotatable bonds is 9. The molecule has 44 heavy (non-hydrogen) atoms. The molecule has 3 fully saturated rings. The minimum absolute atomic E-state index is 0. The molecule has 1 aliphatic carbocycles. The van der Waals surface area contributed by atoms with Crippen LogP contribution >= 0.6 is 23.1 Å². The van der Waals surface area contributed by atoms with Gasteiger partial charge >= 0.3 is 35.5 Å². The fourth-order valence-corrected chi connectivity index (χ4v) is 7.81. The van der Waals surface area contributed by atoms with Gasteiger partial charge < -0.3 is 22.4 Å². The van der Waals surface area contributed by atoms with Crippen LogP contribution in [0.2, 0.25) is 0 Å². The number of nitrogen functional groups attached to an aromatic ring is 1. The number of pyridine rings is 1. The van der Waals surface area contributed by atoms with E-state index >= 15 is 0 Å². The SMILES string of the molecule is Nc1nc(N(C(=O)C=NOC2CCCC2)[C@@H]2C(=O)N3C(C(=O)O)=C(C(Cc4ccncc4)=C4CCNC4=O)CS[C@H]23)cs1.[H-].[Na+]. The van der Waals surface area contributed by atoms with Crippen molar-refractivity contribution in [3.8, 4) is 0 Å². The summed E-state index contributed by atoms with van der Waals surface area (Å²) < 4.78 is 0. The third-order valence-corrected chi connectivity index (χ3v) is 9.81. The molecule has 5 heterocycles. The fourth-order valence-electron chi connectivity index (χ4n) is 5.84. The van der Waals surface area contributed by atoms with E-state index < -0.39 is 29.2 Å². The minimum atomic E-state index is -1.29. The van der Waals surface area contributed by atoms with E-state index in [1.54, 1.807) is 29.9 Å². The predicted molar refractivity (Wildman–Crippen MR) is 161 cm³/mol. The number of nitrogens with one attached hydrogen (secondary N) is 1. The van der Waals surface area contributed by atoms with Crippen LogP contribution < -0.4 is 45.5 Å². The van der Waals surface area contributed by atoms with E-state index in [9.17, 15) is 24.3 Å². The first-order chi connectivity index (χ1) is 20.8. The number of β-lactam (4-membered cyclic amide) rings is 1. The van der Waals surface area contributed by atoms with Gasteiger partial charge in [-0.3, -0.25) is 29.2 Å². The van der Waals surface area contributed by atoms with Gasteiger partial charge in [0.2, 0.25) is 5.91 Å². The molecule has 2 saturated heterocycles. The van der Waals surface area contributed by atoms with Gasteiger partial charge in [0.05, 0.1) is 0 Å². The van der Waals surface area contributed by atoms with Crippen molar-refractivity contribution < 1.29 is 60.1 Å². The Morgan fingerprint density at radius 1 is 1.27 bits per heavy atom. The van der Waals surface area contributed by atoms with Crippen LogP contribution in [-0.4, -0.2) is 79.7 Å². The summed E-state index contributed by atoms with van der Waals surface area (Å²) in [5.74, 6) is -2.37. The monoisotopic (exact) mass is 647 g/mol. The second-order valence-corrected chi connectivity index (χ2v) is 12.5. The maximum absolute atomic E-state index is 13.8. The number of amides is 3. The van der Waals surface area contributed by atoms with Crippen LogP contribution in [0.15, 0.2) is 57.5 Å². The van der Waals surface area contributed by atoms with Gasteiger partial charge in [0.1, 0.15) is 35.2 Å². The first kappa shape index (κ1) is 32.2.